The van der Waals surface area contributed by atoms with Gasteiger partial charge in [0.1, 0.15) is 5.52 Å². The Bertz CT molecular complexity index is 6290. The van der Waals surface area contributed by atoms with Gasteiger partial charge >= 0.3 is 0 Å². The summed E-state index contributed by atoms with van der Waals surface area (Å²) in [6.45, 7) is 0. The predicted octanol–water partition coefficient (Wildman–Crippen LogP) is 18.2. The molecule has 0 radical (unpaired) electrons. The Balaban J connectivity index is 0.835. The van der Waals surface area contributed by atoms with Crippen molar-refractivity contribution in [3.8, 4) is 28.4 Å². The second-order valence-electron chi connectivity index (χ2n) is 24.6. The molecule has 0 spiro atoms. The molecule has 0 saturated carbocycles. The van der Waals surface area contributed by atoms with Crippen LogP contribution in [0.2, 0.25) is 0 Å². The molecule has 20 rings (SSSR count). The highest BCUT2D eigenvalue weighted by Gasteiger charge is 2.42. The largest absolute Gasteiger partial charge is 0.309 e. The maximum Gasteiger partial charge on any atom is 0.220 e. The summed E-state index contributed by atoms with van der Waals surface area (Å²) in [5.74, 6) is 0.843. The lowest BCUT2D eigenvalue weighted by Crippen LogP contribution is -2.74. The number of benzene rings is 14. The van der Waals surface area contributed by atoms with Gasteiger partial charge in [-0.1, -0.05) is 212 Å². The van der Waals surface area contributed by atoms with Crippen molar-refractivity contribution >= 4 is 144 Å². The molecule has 6 heterocycles. The average Bonchev–Trinajstić information content (AvgIpc) is 1.67. The van der Waals surface area contributed by atoms with Crippen LogP contribution in [0.5, 0.6) is 0 Å². The van der Waals surface area contributed by atoms with Crippen molar-refractivity contribution in [2.45, 2.75) is 0 Å². The van der Waals surface area contributed by atoms with E-state index in [-0.39, 0.29) is 0 Å². The molecule has 20 aromatic rings. The molecule has 0 N–H and O–H groups in total. The predicted molar refractivity (Wildman–Crippen MR) is 391 cm³/mol. The summed E-state index contributed by atoms with van der Waals surface area (Å²) in [6, 6.07) is 124. The number of imidazole rings is 2. The summed E-state index contributed by atoms with van der Waals surface area (Å²) in [5.41, 5.74) is 18.9. The van der Waals surface area contributed by atoms with Crippen LogP contribution in [-0.4, -0.2) is 40.3 Å². The van der Waals surface area contributed by atoms with Crippen molar-refractivity contribution < 1.29 is 0 Å². The summed E-state index contributed by atoms with van der Waals surface area (Å²) in [6.07, 6.45) is 0. The molecule has 14 aromatic carbocycles. The fraction of sp³-hybridized carbons (Fsp3) is 0. The van der Waals surface area contributed by atoms with Crippen LogP contribution in [0.3, 0.4) is 0 Å². The molecule has 0 saturated heterocycles. The summed E-state index contributed by atoms with van der Waals surface area (Å²) in [7, 11) is -3.25. The minimum absolute atomic E-state index is 0.843. The van der Waals surface area contributed by atoms with Crippen LogP contribution < -0.4 is 20.7 Å². The highest BCUT2D eigenvalue weighted by atomic mass is 28.3. The lowest BCUT2D eigenvalue weighted by Gasteiger charge is -2.35. The van der Waals surface area contributed by atoms with Gasteiger partial charge in [0.05, 0.1) is 60.7 Å². The van der Waals surface area contributed by atoms with E-state index in [4.69, 9.17) is 4.98 Å². The highest BCUT2D eigenvalue weighted by Crippen LogP contribution is 2.42. The maximum absolute atomic E-state index is 5.94. The number of aromatic nitrogens is 7. The number of rotatable bonds is 9. The zero-order valence-corrected chi connectivity index (χ0v) is 51.4. The first kappa shape index (κ1) is 51.6. The van der Waals surface area contributed by atoms with E-state index < -0.39 is 8.07 Å². The van der Waals surface area contributed by atoms with E-state index in [0.29, 0.717) is 0 Å². The quantitative estimate of drug-likeness (QED) is 0.105. The molecular formula is C85H55N7Si. The molecule has 93 heavy (non-hydrogen) atoms. The molecule has 0 fully saturated rings. The van der Waals surface area contributed by atoms with Crippen LogP contribution in [0, 0.1) is 0 Å². The molecule has 0 unspecified atom stereocenters. The van der Waals surface area contributed by atoms with Crippen molar-refractivity contribution in [1.82, 2.24) is 32.2 Å². The van der Waals surface area contributed by atoms with Crippen molar-refractivity contribution in [2.24, 2.45) is 0 Å². The second-order valence-corrected chi connectivity index (χ2v) is 28.5. The Labute approximate surface area is 535 Å². The summed E-state index contributed by atoms with van der Waals surface area (Å²) >= 11 is 0. The lowest BCUT2D eigenvalue weighted by molar-refractivity contribution is 1.11. The Kier molecular flexibility index (Phi) is 11.0. The number of para-hydroxylation sites is 7. The third-order valence-electron chi connectivity index (χ3n) is 19.9. The molecule has 0 aliphatic carbocycles. The lowest BCUT2D eigenvalue weighted by atomic mass is 10.1. The number of hydrogen-bond acceptors (Lipinski definition) is 1. The van der Waals surface area contributed by atoms with E-state index in [1.165, 1.54) is 85.9 Å². The van der Waals surface area contributed by atoms with Gasteiger partial charge < -0.3 is 18.3 Å². The van der Waals surface area contributed by atoms with Crippen LogP contribution in [-0.2, 0) is 0 Å². The summed E-state index contributed by atoms with van der Waals surface area (Å²) in [5, 5.41) is 14.9. The second kappa shape index (κ2) is 19.9. The minimum Gasteiger partial charge on any atom is -0.309 e. The van der Waals surface area contributed by atoms with Crippen LogP contribution in [0.4, 0.5) is 0 Å². The highest BCUT2D eigenvalue weighted by molar-refractivity contribution is 7.20. The Morgan fingerprint density at radius 1 is 0.204 bits per heavy atom. The Morgan fingerprint density at radius 3 is 1.06 bits per heavy atom. The topological polar surface area (TPSA) is 42.0 Å². The van der Waals surface area contributed by atoms with Gasteiger partial charge in [0, 0.05) is 71.5 Å². The van der Waals surface area contributed by atoms with E-state index in [2.05, 4.69) is 361 Å². The molecule has 0 bridgehead atoms. The smallest absolute Gasteiger partial charge is 0.220 e. The zero-order chi connectivity index (χ0) is 60.9. The number of nitrogens with zero attached hydrogens (tertiary/aromatic N) is 7. The summed E-state index contributed by atoms with van der Waals surface area (Å²) in [4.78, 5) is 5.94. The summed E-state index contributed by atoms with van der Waals surface area (Å²) < 4.78 is 14.6. The number of fused-ring (bicyclic) bond motifs is 18. The van der Waals surface area contributed by atoms with Crippen molar-refractivity contribution in [2.75, 3.05) is 0 Å². The van der Waals surface area contributed by atoms with Gasteiger partial charge in [-0.15, -0.1) is 0 Å². The van der Waals surface area contributed by atoms with Gasteiger partial charge in [0.25, 0.3) is 0 Å². The standard InChI is InChI=1S/C85H55N7Si/c1-4-24-56(25-5-1)90-78-45-21-14-38-69(78)71-48-51-81-83(84(71)90)86-85-91(80-50-47-60(55-82(80)92(81)85)89-75-42-18-12-36-67(75)68-37-13-19-43-76(68)89)58-27-23-33-64(53-58)93(61-28-6-2-7-29-61,62-30-8-3-9-31-62)63-32-22-26-57(52-63)87-77-44-20-15-39-70(77)72-54-59(46-49-79(72)87)88-73-40-16-10-34-65(73)66-35-11-17-41-74(66)88/h1-55H. The van der Waals surface area contributed by atoms with Gasteiger partial charge in [-0.05, 0) is 142 Å². The molecule has 0 atom stereocenters. The molecular weight excluding hydrogens is 1150 g/mol. The van der Waals surface area contributed by atoms with Crippen molar-refractivity contribution in [1.29, 1.82) is 0 Å². The van der Waals surface area contributed by atoms with Crippen LogP contribution in [0.1, 0.15) is 0 Å². The molecule has 7 nitrogen and oxygen atoms in total. The minimum atomic E-state index is -3.25. The molecule has 0 amide bonds. The first-order valence-electron chi connectivity index (χ1n) is 31.9. The van der Waals surface area contributed by atoms with Gasteiger partial charge in [0.15, 0.2) is 8.07 Å². The SMILES string of the molecule is c1ccc(-n2c3ccccc3c3ccc4c(nc5n(-c6cccc([Si](c7ccccc7)(c7ccccc7)c7cccc(-n8c9ccccc9c9cc(-n%10c%11ccccc%11c%11ccccc%11%10)ccc98)c7)c6)c6ccc(-n7c8ccccc8c8ccccc87)cc6n45)c32)cc1. The van der Waals surface area contributed by atoms with Gasteiger partial charge in [0.2, 0.25) is 5.78 Å². The molecule has 434 valence electrons. The van der Waals surface area contributed by atoms with Crippen LogP contribution in [0.15, 0.2) is 334 Å². The third kappa shape index (κ3) is 7.32. The van der Waals surface area contributed by atoms with Gasteiger partial charge in [-0.25, -0.2) is 4.98 Å². The molecule has 0 aliphatic rings. The van der Waals surface area contributed by atoms with Gasteiger partial charge in [-0.3, -0.25) is 8.97 Å². The molecule has 0 aliphatic heterocycles. The Morgan fingerprint density at radius 2 is 0.559 bits per heavy atom. The van der Waals surface area contributed by atoms with Crippen LogP contribution in [0.25, 0.3) is 144 Å². The fourth-order valence-corrected chi connectivity index (χ4v) is 20.9. The maximum atomic E-state index is 5.94. The zero-order valence-electron chi connectivity index (χ0n) is 50.4. The third-order valence-corrected chi connectivity index (χ3v) is 24.7. The van der Waals surface area contributed by atoms with Gasteiger partial charge in [-0.2, -0.15) is 0 Å². The number of hydrogen-bond donors (Lipinski definition) is 0. The average molecular weight is 1200 g/mol. The molecule has 6 aromatic heterocycles. The Hall–Kier alpha value is -12.2. The van der Waals surface area contributed by atoms with E-state index >= 15 is 0 Å². The molecule has 8 heteroatoms. The first-order valence-corrected chi connectivity index (χ1v) is 33.9. The normalized spacial score (nSPS) is 12.3. The van der Waals surface area contributed by atoms with E-state index in [1.54, 1.807) is 0 Å². The fourth-order valence-electron chi connectivity index (χ4n) is 16.1. The van der Waals surface area contributed by atoms with E-state index in [1.807, 2.05) is 0 Å². The monoisotopic (exact) mass is 1200 g/mol. The van der Waals surface area contributed by atoms with E-state index in [9.17, 15) is 0 Å². The van der Waals surface area contributed by atoms with E-state index in [0.717, 1.165) is 78.3 Å². The first-order chi connectivity index (χ1) is 46.2. The van der Waals surface area contributed by atoms with Crippen molar-refractivity contribution in [3.63, 3.8) is 0 Å². The van der Waals surface area contributed by atoms with Crippen LogP contribution >= 0.6 is 0 Å². The van der Waals surface area contributed by atoms with Crippen molar-refractivity contribution in [3.05, 3.63) is 334 Å².